The van der Waals surface area contributed by atoms with E-state index in [1.165, 1.54) is 17.8 Å². The molecule has 2 aliphatic rings. The highest BCUT2D eigenvalue weighted by atomic mass is 32.1. The number of nitrogens with two attached hydrogens (primary N) is 1. The molecule has 0 spiro atoms. The minimum Gasteiger partial charge on any atom is -0.496 e. The lowest BCUT2D eigenvalue weighted by molar-refractivity contribution is 0.0788. The summed E-state index contributed by atoms with van der Waals surface area (Å²) in [4.78, 5) is 15.2. The monoisotopic (exact) mass is 280 g/mol. The van der Waals surface area contributed by atoms with E-state index in [0.717, 1.165) is 36.6 Å². The molecule has 2 N–H and O–H groups in total. The molecule has 0 aromatic carbocycles. The van der Waals surface area contributed by atoms with Gasteiger partial charge >= 0.3 is 0 Å². The van der Waals surface area contributed by atoms with Crippen LogP contribution < -0.4 is 10.5 Å². The number of fused-ring (bicyclic) bond motifs is 1. The maximum Gasteiger partial charge on any atom is 0.264 e. The van der Waals surface area contributed by atoms with E-state index in [1.54, 1.807) is 7.11 Å². The van der Waals surface area contributed by atoms with Gasteiger partial charge in [0.05, 0.1) is 12.0 Å². The van der Waals surface area contributed by atoms with Crippen molar-refractivity contribution in [2.45, 2.75) is 25.3 Å². The molecule has 2 fully saturated rings. The van der Waals surface area contributed by atoms with Crippen LogP contribution in [0.3, 0.4) is 0 Å². The first kappa shape index (κ1) is 12.9. The second-order valence-corrected chi connectivity index (χ2v) is 6.57. The highest BCUT2D eigenvalue weighted by molar-refractivity contribution is 7.12. The Kier molecular flexibility index (Phi) is 3.50. The summed E-state index contributed by atoms with van der Waals surface area (Å²) in [5.41, 5.74) is 6.03. The molecule has 4 nitrogen and oxygen atoms in total. The third kappa shape index (κ3) is 2.49. The molecule has 1 unspecified atom stereocenters. The number of methoxy groups -OCH3 is 1. The summed E-state index contributed by atoms with van der Waals surface area (Å²) in [5.74, 6) is 2.18. The summed E-state index contributed by atoms with van der Waals surface area (Å²) in [7, 11) is 1.63. The highest BCUT2D eigenvalue weighted by Gasteiger charge is 2.38. The number of amides is 1. The van der Waals surface area contributed by atoms with E-state index in [2.05, 4.69) is 0 Å². The van der Waals surface area contributed by atoms with E-state index in [0.29, 0.717) is 17.9 Å². The van der Waals surface area contributed by atoms with Crippen molar-refractivity contribution in [2.75, 3.05) is 20.2 Å². The van der Waals surface area contributed by atoms with Crippen molar-refractivity contribution in [3.05, 3.63) is 16.3 Å². The normalized spacial score (nSPS) is 30.2. The molecule has 1 aliphatic heterocycles. The van der Waals surface area contributed by atoms with Crippen LogP contribution in [-0.4, -0.2) is 37.0 Å². The number of thiophene rings is 1. The summed E-state index contributed by atoms with van der Waals surface area (Å²) in [5, 5.41) is 1.88. The fraction of sp³-hybridized carbons (Fsp3) is 0.643. The van der Waals surface area contributed by atoms with Gasteiger partial charge in [0.1, 0.15) is 5.75 Å². The largest absolute Gasteiger partial charge is 0.496 e. The maximum absolute atomic E-state index is 12.5. The van der Waals surface area contributed by atoms with E-state index in [1.807, 2.05) is 16.3 Å². The Balaban J connectivity index is 1.68. The van der Waals surface area contributed by atoms with Crippen LogP contribution in [0.5, 0.6) is 5.75 Å². The van der Waals surface area contributed by atoms with Crippen molar-refractivity contribution < 1.29 is 9.53 Å². The Hall–Kier alpha value is -1.07. The topological polar surface area (TPSA) is 55.6 Å². The first-order valence-corrected chi connectivity index (χ1v) is 7.72. The van der Waals surface area contributed by atoms with Gasteiger partial charge in [0.2, 0.25) is 0 Å². The van der Waals surface area contributed by atoms with Crippen molar-refractivity contribution in [1.82, 2.24) is 4.90 Å². The first-order chi connectivity index (χ1) is 9.17. The summed E-state index contributed by atoms with van der Waals surface area (Å²) < 4.78 is 5.14. The molecule has 3 rings (SSSR count). The quantitative estimate of drug-likeness (QED) is 0.901. The van der Waals surface area contributed by atoms with Gasteiger partial charge in [0.15, 0.2) is 0 Å². The standard InChI is InChI=1S/C14H20N2O2S/c1-18-12-5-13(19-8-12)14(17)16-6-9-2-3-11(15)4-10(9)7-16/h5,8-11H,2-4,6-7,15H2,1H3/t9-,10+,11?/m1/s1. The van der Waals surface area contributed by atoms with Gasteiger partial charge in [0.25, 0.3) is 5.91 Å². The summed E-state index contributed by atoms with van der Waals surface area (Å²) in [6.45, 7) is 1.77. The highest BCUT2D eigenvalue weighted by Crippen LogP contribution is 2.36. The molecule has 1 aromatic rings. The van der Waals surface area contributed by atoms with Gasteiger partial charge in [-0.1, -0.05) is 0 Å². The van der Waals surface area contributed by atoms with Crippen LogP contribution in [0, 0.1) is 11.8 Å². The minimum absolute atomic E-state index is 0.149. The van der Waals surface area contributed by atoms with E-state index in [9.17, 15) is 4.79 Å². The fourth-order valence-electron chi connectivity index (χ4n) is 3.33. The lowest BCUT2D eigenvalue weighted by atomic mass is 9.79. The van der Waals surface area contributed by atoms with Gasteiger partial charge in [-0.3, -0.25) is 4.79 Å². The van der Waals surface area contributed by atoms with E-state index < -0.39 is 0 Å². The Morgan fingerprint density at radius 3 is 2.95 bits per heavy atom. The molecule has 3 atom stereocenters. The second kappa shape index (κ2) is 5.13. The molecular formula is C14H20N2O2S. The lowest BCUT2D eigenvalue weighted by Gasteiger charge is -2.27. The molecule has 104 valence electrons. The number of carbonyl (C=O) groups excluding carboxylic acids is 1. The van der Waals surface area contributed by atoms with Gasteiger partial charge in [0, 0.05) is 30.6 Å². The minimum atomic E-state index is 0.149. The van der Waals surface area contributed by atoms with Crippen molar-refractivity contribution in [3.8, 4) is 5.75 Å². The molecule has 5 heteroatoms. The molecule has 0 radical (unpaired) electrons. The van der Waals surface area contributed by atoms with Crippen LogP contribution in [0.1, 0.15) is 28.9 Å². The summed E-state index contributed by atoms with van der Waals surface area (Å²) >= 11 is 1.46. The zero-order valence-electron chi connectivity index (χ0n) is 11.2. The average Bonchev–Trinajstić information content (AvgIpc) is 3.03. The van der Waals surface area contributed by atoms with Gasteiger partial charge in [-0.15, -0.1) is 11.3 Å². The van der Waals surface area contributed by atoms with Crippen molar-refractivity contribution in [3.63, 3.8) is 0 Å². The molecule has 2 heterocycles. The van der Waals surface area contributed by atoms with Crippen molar-refractivity contribution in [2.24, 2.45) is 17.6 Å². The van der Waals surface area contributed by atoms with Crippen molar-refractivity contribution >= 4 is 17.2 Å². The number of carbonyl (C=O) groups is 1. The molecule has 1 amide bonds. The molecular weight excluding hydrogens is 260 g/mol. The van der Waals surface area contributed by atoms with Crippen LogP contribution in [-0.2, 0) is 0 Å². The molecule has 19 heavy (non-hydrogen) atoms. The number of likely N-dealkylation sites (tertiary alicyclic amines) is 1. The maximum atomic E-state index is 12.5. The van der Waals surface area contributed by atoms with E-state index in [-0.39, 0.29) is 5.91 Å². The number of hydrogen-bond donors (Lipinski definition) is 1. The zero-order chi connectivity index (χ0) is 13.4. The van der Waals surface area contributed by atoms with E-state index in [4.69, 9.17) is 10.5 Å². The fourth-order valence-corrected chi connectivity index (χ4v) is 4.15. The van der Waals surface area contributed by atoms with Gasteiger partial charge < -0.3 is 15.4 Å². The third-order valence-electron chi connectivity index (χ3n) is 4.40. The molecule has 0 bridgehead atoms. The van der Waals surface area contributed by atoms with Crippen LogP contribution >= 0.6 is 11.3 Å². The van der Waals surface area contributed by atoms with Gasteiger partial charge in [-0.25, -0.2) is 0 Å². The Morgan fingerprint density at radius 1 is 1.42 bits per heavy atom. The number of ether oxygens (including phenoxy) is 1. The SMILES string of the molecule is COc1csc(C(=O)N2C[C@H]3CCC(N)C[C@H]3C2)c1. The van der Waals surface area contributed by atoms with Crippen LogP contribution in [0.4, 0.5) is 0 Å². The van der Waals surface area contributed by atoms with Crippen LogP contribution in [0.2, 0.25) is 0 Å². The molecule has 1 aromatic heterocycles. The second-order valence-electron chi connectivity index (χ2n) is 5.65. The Morgan fingerprint density at radius 2 is 2.21 bits per heavy atom. The summed E-state index contributed by atoms with van der Waals surface area (Å²) in [6.07, 6.45) is 3.35. The molecule has 1 saturated carbocycles. The number of hydrogen-bond acceptors (Lipinski definition) is 4. The van der Waals surface area contributed by atoms with Gasteiger partial charge in [-0.2, -0.15) is 0 Å². The number of nitrogens with zero attached hydrogens (tertiary/aromatic N) is 1. The lowest BCUT2D eigenvalue weighted by Crippen LogP contribution is -2.32. The predicted octanol–water partition coefficient (Wildman–Crippen LogP) is 1.96. The van der Waals surface area contributed by atoms with E-state index >= 15 is 0 Å². The average molecular weight is 280 g/mol. The van der Waals surface area contributed by atoms with Gasteiger partial charge in [-0.05, 0) is 31.1 Å². The molecule has 1 saturated heterocycles. The Labute approximate surface area is 117 Å². The third-order valence-corrected chi connectivity index (χ3v) is 5.30. The summed E-state index contributed by atoms with van der Waals surface area (Å²) in [6, 6.07) is 2.17. The zero-order valence-corrected chi connectivity index (χ0v) is 12.0. The molecule has 1 aliphatic carbocycles. The predicted molar refractivity (Wildman–Crippen MR) is 75.6 cm³/mol. The number of rotatable bonds is 2. The van der Waals surface area contributed by atoms with Crippen LogP contribution in [0.15, 0.2) is 11.4 Å². The van der Waals surface area contributed by atoms with Crippen LogP contribution in [0.25, 0.3) is 0 Å². The first-order valence-electron chi connectivity index (χ1n) is 6.84. The van der Waals surface area contributed by atoms with Crippen molar-refractivity contribution in [1.29, 1.82) is 0 Å². The Bertz CT molecular complexity index is 474. The smallest absolute Gasteiger partial charge is 0.264 e.